The molecule has 23 heavy (non-hydrogen) atoms. The van der Waals surface area contributed by atoms with E-state index in [1.807, 2.05) is 31.1 Å². The normalized spacial score (nSPS) is 18.3. The van der Waals surface area contributed by atoms with Crippen molar-refractivity contribution < 1.29 is 0 Å². The van der Waals surface area contributed by atoms with Crippen molar-refractivity contribution in [2.24, 2.45) is 0 Å². The lowest BCUT2D eigenvalue weighted by Crippen LogP contribution is -2.46. The first-order valence-corrected chi connectivity index (χ1v) is 8.87. The summed E-state index contributed by atoms with van der Waals surface area (Å²) < 4.78 is 0. The average molecular weight is 331 g/mol. The van der Waals surface area contributed by atoms with Gasteiger partial charge < -0.3 is 14.7 Å². The molecule has 8 heteroatoms. The summed E-state index contributed by atoms with van der Waals surface area (Å²) >= 11 is 1.76. The summed E-state index contributed by atoms with van der Waals surface area (Å²) in [6.45, 7) is 3.79. The predicted octanol–water partition coefficient (Wildman–Crippen LogP) is 1.60. The van der Waals surface area contributed by atoms with Gasteiger partial charge >= 0.3 is 0 Å². The Morgan fingerprint density at radius 2 is 1.70 bits per heavy atom. The third-order valence-corrected chi connectivity index (χ3v) is 5.47. The highest BCUT2D eigenvalue weighted by atomic mass is 32.1. The molecule has 4 rings (SSSR count). The van der Waals surface area contributed by atoms with Gasteiger partial charge in [-0.3, -0.25) is 0 Å². The van der Waals surface area contributed by atoms with Crippen LogP contribution in [0.5, 0.6) is 0 Å². The molecule has 0 radical (unpaired) electrons. The Bertz CT molecular complexity index is 657. The average Bonchev–Trinajstić information content (AvgIpc) is 3.32. The second-order valence-electron chi connectivity index (χ2n) is 6.32. The molecule has 0 atom stereocenters. The maximum atomic E-state index is 4.37. The van der Waals surface area contributed by atoms with Crippen molar-refractivity contribution >= 4 is 28.1 Å². The summed E-state index contributed by atoms with van der Waals surface area (Å²) in [4.78, 5) is 6.58. The zero-order valence-electron chi connectivity index (χ0n) is 13.5. The summed E-state index contributed by atoms with van der Waals surface area (Å²) in [5.74, 6) is 2.52. The highest BCUT2D eigenvalue weighted by Gasteiger charge is 2.29. The van der Waals surface area contributed by atoms with E-state index in [0.717, 1.165) is 42.9 Å². The van der Waals surface area contributed by atoms with Gasteiger partial charge in [-0.1, -0.05) is 11.3 Å². The molecule has 1 saturated heterocycles. The fraction of sp³-hybridized carbons (Fsp3) is 0.600. The van der Waals surface area contributed by atoms with E-state index in [0.29, 0.717) is 5.92 Å². The number of anilines is 3. The molecule has 0 unspecified atom stereocenters. The van der Waals surface area contributed by atoms with Crippen LogP contribution < -0.4 is 14.7 Å². The summed E-state index contributed by atoms with van der Waals surface area (Å²) in [6, 6.07) is 4.06. The topological polar surface area (TPSA) is 61.3 Å². The lowest BCUT2D eigenvalue weighted by molar-refractivity contribution is 0.640. The Morgan fingerprint density at radius 1 is 0.957 bits per heavy atom. The van der Waals surface area contributed by atoms with Crippen LogP contribution in [0, 0.1) is 0 Å². The van der Waals surface area contributed by atoms with Crippen LogP contribution in [0.15, 0.2) is 12.1 Å². The van der Waals surface area contributed by atoms with Crippen molar-refractivity contribution in [1.29, 1.82) is 0 Å². The van der Waals surface area contributed by atoms with E-state index in [9.17, 15) is 0 Å². The fourth-order valence-corrected chi connectivity index (χ4v) is 3.77. The van der Waals surface area contributed by atoms with Crippen molar-refractivity contribution in [2.45, 2.75) is 18.8 Å². The minimum absolute atomic E-state index is 0.688. The molecular weight excluding hydrogens is 310 g/mol. The molecule has 122 valence electrons. The molecule has 0 aromatic carbocycles. The van der Waals surface area contributed by atoms with Crippen LogP contribution in [0.25, 0.3) is 0 Å². The Labute approximate surface area is 139 Å². The monoisotopic (exact) mass is 331 g/mol. The predicted molar refractivity (Wildman–Crippen MR) is 92.7 cm³/mol. The number of rotatable bonds is 4. The first kappa shape index (κ1) is 14.6. The van der Waals surface area contributed by atoms with E-state index in [1.165, 1.54) is 17.8 Å². The Kier molecular flexibility index (Phi) is 3.76. The molecule has 0 N–H and O–H groups in total. The summed E-state index contributed by atoms with van der Waals surface area (Å²) in [5, 5.41) is 19.6. The molecule has 1 aliphatic heterocycles. The Balaban J connectivity index is 1.38. The number of hydrogen-bond acceptors (Lipinski definition) is 8. The van der Waals surface area contributed by atoms with Crippen molar-refractivity contribution in [3.63, 3.8) is 0 Å². The van der Waals surface area contributed by atoms with E-state index in [2.05, 4.69) is 30.2 Å². The third kappa shape index (κ3) is 3.08. The zero-order valence-corrected chi connectivity index (χ0v) is 14.3. The minimum Gasteiger partial charge on any atom is -0.361 e. The largest absolute Gasteiger partial charge is 0.361 e. The maximum absolute atomic E-state index is 4.37. The molecule has 2 fully saturated rings. The molecule has 2 aliphatic rings. The first-order chi connectivity index (χ1) is 11.2. The van der Waals surface area contributed by atoms with Gasteiger partial charge in [0, 0.05) is 46.2 Å². The maximum Gasteiger partial charge on any atom is 0.208 e. The van der Waals surface area contributed by atoms with E-state index in [-0.39, 0.29) is 0 Å². The first-order valence-electron chi connectivity index (χ1n) is 8.05. The molecule has 2 aromatic heterocycles. The highest BCUT2D eigenvalue weighted by Crippen LogP contribution is 2.42. The number of hydrogen-bond donors (Lipinski definition) is 0. The standard InChI is InChI=1S/C15H21N7S/c1-20(2)12-5-6-13(17-16-12)21-7-9-22(10-8-21)15-19-18-14(23-15)11-3-4-11/h5-6,11H,3-4,7-10H2,1-2H3. The van der Waals surface area contributed by atoms with Gasteiger partial charge in [-0.2, -0.15) is 0 Å². The lowest BCUT2D eigenvalue weighted by Gasteiger charge is -2.34. The molecule has 0 bridgehead atoms. The quantitative estimate of drug-likeness (QED) is 0.843. The molecular formula is C15H21N7S. The van der Waals surface area contributed by atoms with Crippen LogP contribution in [-0.2, 0) is 0 Å². The highest BCUT2D eigenvalue weighted by molar-refractivity contribution is 7.15. The van der Waals surface area contributed by atoms with E-state index in [1.54, 1.807) is 11.3 Å². The zero-order chi connectivity index (χ0) is 15.8. The smallest absolute Gasteiger partial charge is 0.208 e. The molecule has 1 saturated carbocycles. The van der Waals surface area contributed by atoms with E-state index < -0.39 is 0 Å². The van der Waals surface area contributed by atoms with Gasteiger partial charge in [0.1, 0.15) is 5.01 Å². The van der Waals surface area contributed by atoms with Crippen LogP contribution in [-0.4, -0.2) is 60.7 Å². The van der Waals surface area contributed by atoms with Crippen LogP contribution >= 0.6 is 11.3 Å². The van der Waals surface area contributed by atoms with Crippen molar-refractivity contribution in [3.8, 4) is 0 Å². The van der Waals surface area contributed by atoms with E-state index >= 15 is 0 Å². The molecule has 0 spiro atoms. The molecule has 2 aromatic rings. The molecule has 3 heterocycles. The summed E-state index contributed by atoms with van der Waals surface area (Å²) in [5.41, 5.74) is 0. The van der Waals surface area contributed by atoms with Gasteiger partial charge in [0.2, 0.25) is 5.13 Å². The van der Waals surface area contributed by atoms with Gasteiger partial charge in [-0.15, -0.1) is 20.4 Å². The van der Waals surface area contributed by atoms with Crippen molar-refractivity contribution in [3.05, 3.63) is 17.1 Å². The van der Waals surface area contributed by atoms with Crippen LogP contribution in [0.1, 0.15) is 23.8 Å². The van der Waals surface area contributed by atoms with Gasteiger partial charge in [0.25, 0.3) is 0 Å². The number of aromatic nitrogens is 4. The molecule has 1 aliphatic carbocycles. The Morgan fingerprint density at radius 3 is 2.30 bits per heavy atom. The van der Waals surface area contributed by atoms with Gasteiger partial charge in [0.05, 0.1) is 0 Å². The molecule has 7 nitrogen and oxygen atoms in total. The third-order valence-electron chi connectivity index (χ3n) is 4.33. The lowest BCUT2D eigenvalue weighted by atomic mass is 10.3. The summed E-state index contributed by atoms with van der Waals surface area (Å²) in [7, 11) is 3.95. The Hall–Kier alpha value is -1.96. The van der Waals surface area contributed by atoms with E-state index in [4.69, 9.17) is 0 Å². The summed E-state index contributed by atoms with van der Waals surface area (Å²) in [6.07, 6.45) is 2.56. The number of piperazine rings is 1. The van der Waals surface area contributed by atoms with Gasteiger partial charge in [0.15, 0.2) is 11.6 Å². The minimum atomic E-state index is 0.688. The van der Waals surface area contributed by atoms with Crippen LogP contribution in [0.4, 0.5) is 16.8 Å². The van der Waals surface area contributed by atoms with Crippen LogP contribution in [0.3, 0.4) is 0 Å². The van der Waals surface area contributed by atoms with Gasteiger partial charge in [-0.25, -0.2) is 0 Å². The number of nitrogens with zero attached hydrogens (tertiary/aromatic N) is 7. The SMILES string of the molecule is CN(C)c1ccc(N2CCN(c3nnc(C4CC4)s3)CC2)nn1. The second-order valence-corrected chi connectivity index (χ2v) is 7.30. The van der Waals surface area contributed by atoms with Crippen LogP contribution in [0.2, 0.25) is 0 Å². The second kappa shape index (κ2) is 5.92. The fourth-order valence-electron chi connectivity index (χ4n) is 2.70. The molecule has 0 amide bonds. The van der Waals surface area contributed by atoms with Crippen molar-refractivity contribution in [2.75, 3.05) is 55.0 Å². The van der Waals surface area contributed by atoms with Gasteiger partial charge in [-0.05, 0) is 25.0 Å². The van der Waals surface area contributed by atoms with Crippen molar-refractivity contribution in [1.82, 2.24) is 20.4 Å².